The van der Waals surface area contributed by atoms with Gasteiger partial charge in [-0.1, -0.05) is 30.3 Å². The molecule has 0 aliphatic carbocycles. The van der Waals surface area contributed by atoms with Crippen LogP contribution in [0.1, 0.15) is 26.3 Å². The highest BCUT2D eigenvalue weighted by atomic mass is 16.5. The van der Waals surface area contributed by atoms with Crippen molar-refractivity contribution >= 4 is 17.4 Å². The highest BCUT2D eigenvalue weighted by Crippen LogP contribution is 2.27. The van der Waals surface area contributed by atoms with Gasteiger partial charge in [0.05, 0.1) is 12.8 Å². The van der Waals surface area contributed by atoms with Crippen LogP contribution in [0.3, 0.4) is 0 Å². The van der Waals surface area contributed by atoms with Crippen molar-refractivity contribution in [2.75, 3.05) is 13.7 Å². The number of methoxy groups -OCH3 is 1. The van der Waals surface area contributed by atoms with Crippen molar-refractivity contribution in [1.29, 1.82) is 0 Å². The van der Waals surface area contributed by atoms with E-state index in [0.29, 0.717) is 22.6 Å². The average Bonchev–Trinajstić information content (AvgIpc) is 3.33. The van der Waals surface area contributed by atoms with E-state index in [1.165, 1.54) is 6.07 Å². The summed E-state index contributed by atoms with van der Waals surface area (Å²) in [5.74, 6) is -0.467. The number of rotatable bonds is 8. The number of aryl methyl sites for hydroxylation is 1. The molecule has 0 N–H and O–H groups in total. The van der Waals surface area contributed by atoms with Crippen molar-refractivity contribution < 1.29 is 19.1 Å². The maximum Gasteiger partial charge on any atom is 0.342 e. The Morgan fingerprint density at radius 1 is 1.00 bits per heavy atom. The van der Waals surface area contributed by atoms with Crippen LogP contribution in [0.5, 0.6) is 5.75 Å². The van der Waals surface area contributed by atoms with E-state index in [-0.39, 0.29) is 16.8 Å². The molecule has 4 rings (SSSR count). The fraction of sp³-hybridized carbons (Fsp3) is 0.115. The van der Waals surface area contributed by atoms with Gasteiger partial charge in [-0.25, -0.2) is 9.48 Å². The van der Waals surface area contributed by atoms with Gasteiger partial charge >= 0.3 is 5.97 Å². The summed E-state index contributed by atoms with van der Waals surface area (Å²) in [6, 6.07) is 21.0. The van der Waals surface area contributed by atoms with Gasteiger partial charge in [0.2, 0.25) is 0 Å². The highest BCUT2D eigenvalue weighted by molar-refractivity contribution is 6.01. The molecule has 170 valence electrons. The SMILES string of the molecule is COc1ccc(-c2nn(-c3ccccc3)cc2C(=O)OCC(=O)c2ccc(C)c(N=O)c2)cc1. The van der Waals surface area contributed by atoms with Crippen LogP contribution in [0.2, 0.25) is 0 Å². The molecule has 8 heteroatoms. The number of hydrogen-bond donors (Lipinski definition) is 0. The number of carbonyl (C=O) groups excluding carboxylic acids is 2. The van der Waals surface area contributed by atoms with E-state index < -0.39 is 18.4 Å². The molecule has 0 fully saturated rings. The summed E-state index contributed by atoms with van der Waals surface area (Å²) in [6.45, 7) is 1.23. The fourth-order valence-corrected chi connectivity index (χ4v) is 3.37. The molecule has 3 aromatic carbocycles. The third kappa shape index (κ3) is 4.75. The van der Waals surface area contributed by atoms with Crippen molar-refractivity contribution in [2.24, 2.45) is 5.18 Å². The molecule has 0 spiro atoms. The number of ether oxygens (including phenoxy) is 2. The lowest BCUT2D eigenvalue weighted by Gasteiger charge is -2.06. The van der Waals surface area contributed by atoms with Gasteiger partial charge in [0.15, 0.2) is 12.4 Å². The first-order valence-corrected chi connectivity index (χ1v) is 10.4. The minimum absolute atomic E-state index is 0.170. The van der Waals surface area contributed by atoms with Crippen LogP contribution in [0, 0.1) is 11.8 Å². The van der Waals surface area contributed by atoms with Gasteiger partial charge in [0.25, 0.3) is 0 Å². The van der Waals surface area contributed by atoms with Crippen LogP contribution in [0.4, 0.5) is 5.69 Å². The van der Waals surface area contributed by atoms with Gasteiger partial charge in [0.1, 0.15) is 22.7 Å². The fourth-order valence-electron chi connectivity index (χ4n) is 3.37. The summed E-state index contributed by atoms with van der Waals surface area (Å²) in [7, 11) is 1.57. The summed E-state index contributed by atoms with van der Waals surface area (Å²) in [5, 5.41) is 7.50. The van der Waals surface area contributed by atoms with Crippen LogP contribution >= 0.6 is 0 Å². The molecular weight excluding hydrogens is 434 g/mol. The average molecular weight is 455 g/mol. The van der Waals surface area contributed by atoms with Crippen LogP contribution < -0.4 is 4.74 Å². The Morgan fingerprint density at radius 2 is 1.74 bits per heavy atom. The Bertz CT molecular complexity index is 1340. The quantitative estimate of drug-likeness (QED) is 0.203. The number of benzene rings is 3. The molecular formula is C26H21N3O5. The Kier molecular flexibility index (Phi) is 6.59. The summed E-state index contributed by atoms with van der Waals surface area (Å²) < 4.78 is 12.1. The predicted molar refractivity (Wildman–Crippen MR) is 127 cm³/mol. The van der Waals surface area contributed by atoms with Gasteiger partial charge in [-0.2, -0.15) is 5.10 Å². The van der Waals surface area contributed by atoms with E-state index in [2.05, 4.69) is 10.3 Å². The van der Waals surface area contributed by atoms with Crippen molar-refractivity contribution in [3.8, 4) is 22.7 Å². The topological polar surface area (TPSA) is 99.9 Å². The number of aromatic nitrogens is 2. The zero-order chi connectivity index (χ0) is 24.1. The number of para-hydroxylation sites is 1. The Balaban J connectivity index is 1.61. The van der Waals surface area contributed by atoms with Crippen molar-refractivity contribution in [3.05, 3.63) is 101 Å². The number of nitroso groups, excluding NO2 is 1. The van der Waals surface area contributed by atoms with Crippen LogP contribution in [-0.4, -0.2) is 35.2 Å². The zero-order valence-corrected chi connectivity index (χ0v) is 18.6. The van der Waals surface area contributed by atoms with Gasteiger partial charge in [0, 0.05) is 17.3 Å². The first-order valence-electron chi connectivity index (χ1n) is 10.4. The number of carbonyl (C=O) groups is 2. The lowest BCUT2D eigenvalue weighted by Crippen LogP contribution is -2.14. The van der Waals surface area contributed by atoms with Gasteiger partial charge in [-0.15, -0.1) is 4.91 Å². The standard InChI is InChI=1S/C26H21N3O5/c1-17-8-9-19(14-23(17)28-32)24(30)16-34-26(31)22-15-29(20-6-4-3-5-7-20)27-25(22)18-10-12-21(33-2)13-11-18/h3-15H,16H2,1-2H3. The summed E-state index contributed by atoms with van der Waals surface area (Å²) in [4.78, 5) is 36.5. The molecule has 1 aromatic heterocycles. The predicted octanol–water partition coefficient (Wildman–Crippen LogP) is 5.29. The highest BCUT2D eigenvalue weighted by Gasteiger charge is 2.21. The first-order chi connectivity index (χ1) is 16.5. The molecule has 0 saturated carbocycles. The molecule has 0 unspecified atom stereocenters. The molecule has 0 atom stereocenters. The van der Waals surface area contributed by atoms with E-state index in [1.807, 2.05) is 30.3 Å². The molecule has 0 radical (unpaired) electrons. The second-order valence-electron chi connectivity index (χ2n) is 7.49. The van der Waals surface area contributed by atoms with E-state index >= 15 is 0 Å². The molecule has 0 saturated heterocycles. The van der Waals surface area contributed by atoms with E-state index in [9.17, 15) is 14.5 Å². The maximum atomic E-state index is 13.0. The number of Topliss-reactive ketones (excluding diaryl/α,β-unsaturated/α-hetero) is 1. The van der Waals surface area contributed by atoms with Crippen molar-refractivity contribution in [3.63, 3.8) is 0 Å². The lowest BCUT2D eigenvalue weighted by molar-refractivity contribution is 0.0475. The monoisotopic (exact) mass is 455 g/mol. The molecule has 34 heavy (non-hydrogen) atoms. The molecule has 0 aliphatic rings. The first kappa shape index (κ1) is 22.6. The number of hydrogen-bond acceptors (Lipinski definition) is 7. The normalized spacial score (nSPS) is 10.5. The minimum Gasteiger partial charge on any atom is -0.497 e. The molecule has 8 nitrogen and oxygen atoms in total. The van der Waals surface area contributed by atoms with E-state index in [0.717, 1.165) is 5.69 Å². The molecule has 1 heterocycles. The zero-order valence-electron chi connectivity index (χ0n) is 18.6. The largest absolute Gasteiger partial charge is 0.497 e. The van der Waals surface area contributed by atoms with Crippen LogP contribution in [0.15, 0.2) is 84.2 Å². The third-order valence-electron chi connectivity index (χ3n) is 5.28. The summed E-state index contributed by atoms with van der Waals surface area (Å²) >= 11 is 0. The van der Waals surface area contributed by atoms with Crippen molar-refractivity contribution in [2.45, 2.75) is 6.92 Å². The number of nitrogens with zero attached hydrogens (tertiary/aromatic N) is 3. The third-order valence-corrected chi connectivity index (χ3v) is 5.28. The Labute approximate surface area is 195 Å². The number of esters is 1. The lowest BCUT2D eigenvalue weighted by atomic mass is 10.1. The van der Waals surface area contributed by atoms with Gasteiger partial charge in [-0.3, -0.25) is 4.79 Å². The minimum atomic E-state index is -0.692. The Hall–Kier alpha value is -4.59. The van der Waals surface area contributed by atoms with Crippen molar-refractivity contribution in [1.82, 2.24) is 9.78 Å². The molecule has 0 aliphatic heterocycles. The van der Waals surface area contributed by atoms with E-state index in [4.69, 9.17) is 9.47 Å². The smallest absolute Gasteiger partial charge is 0.342 e. The summed E-state index contributed by atoms with van der Waals surface area (Å²) in [5.41, 5.74) is 3.13. The second kappa shape index (κ2) is 9.91. The molecule has 0 bridgehead atoms. The van der Waals surface area contributed by atoms with Crippen LogP contribution in [-0.2, 0) is 4.74 Å². The van der Waals surface area contributed by atoms with Crippen LogP contribution in [0.25, 0.3) is 16.9 Å². The van der Waals surface area contributed by atoms with Gasteiger partial charge in [-0.05, 0) is 60.1 Å². The molecule has 0 amide bonds. The van der Waals surface area contributed by atoms with E-state index in [1.54, 1.807) is 61.3 Å². The molecule has 4 aromatic rings. The van der Waals surface area contributed by atoms with Gasteiger partial charge < -0.3 is 9.47 Å². The summed E-state index contributed by atoms with van der Waals surface area (Å²) in [6.07, 6.45) is 1.57. The number of ketones is 1. The Morgan fingerprint density at radius 3 is 2.41 bits per heavy atom. The second-order valence-corrected chi connectivity index (χ2v) is 7.49. The maximum absolute atomic E-state index is 13.0.